The van der Waals surface area contributed by atoms with Gasteiger partial charge in [-0.05, 0) is 37.7 Å². The Labute approximate surface area is 120 Å². The zero-order chi connectivity index (χ0) is 13.9. The van der Waals surface area contributed by atoms with Crippen LogP contribution in [-0.2, 0) is 11.3 Å². The maximum absolute atomic E-state index is 6.07. The van der Waals surface area contributed by atoms with E-state index in [1.807, 2.05) is 12.1 Å². The lowest BCUT2D eigenvalue weighted by molar-refractivity contribution is 0.00888. The van der Waals surface area contributed by atoms with Crippen molar-refractivity contribution < 1.29 is 14.2 Å². The number of hydrogen-bond acceptors (Lipinski definition) is 4. The summed E-state index contributed by atoms with van der Waals surface area (Å²) in [5, 5.41) is 0. The molecule has 0 spiro atoms. The Morgan fingerprint density at radius 3 is 2.45 bits per heavy atom. The van der Waals surface area contributed by atoms with E-state index < -0.39 is 0 Å². The lowest BCUT2D eigenvalue weighted by Crippen LogP contribution is -2.20. The second-order valence-electron chi connectivity index (χ2n) is 5.89. The molecule has 4 nitrogen and oxygen atoms in total. The van der Waals surface area contributed by atoms with E-state index in [4.69, 9.17) is 19.9 Å². The molecule has 110 valence electrons. The summed E-state index contributed by atoms with van der Waals surface area (Å²) in [5.41, 5.74) is 7.78. The SMILES string of the molecule is CC1CCC(OCc2cc3c(cc2N)OCCO3)CC1. The van der Waals surface area contributed by atoms with Crippen LogP contribution in [0.25, 0.3) is 0 Å². The minimum atomic E-state index is 0.374. The van der Waals surface area contributed by atoms with Crippen molar-refractivity contribution in [3.8, 4) is 11.5 Å². The predicted octanol–water partition coefficient (Wildman–Crippen LogP) is 3.14. The monoisotopic (exact) mass is 277 g/mol. The van der Waals surface area contributed by atoms with Gasteiger partial charge in [0.25, 0.3) is 0 Å². The average molecular weight is 277 g/mol. The lowest BCUT2D eigenvalue weighted by atomic mass is 9.89. The van der Waals surface area contributed by atoms with E-state index in [9.17, 15) is 0 Å². The number of nitrogens with two attached hydrogens (primary N) is 1. The largest absolute Gasteiger partial charge is 0.486 e. The van der Waals surface area contributed by atoms with Gasteiger partial charge in [-0.3, -0.25) is 0 Å². The molecule has 0 aromatic heterocycles. The van der Waals surface area contributed by atoms with E-state index in [1.165, 1.54) is 12.8 Å². The highest BCUT2D eigenvalue weighted by atomic mass is 16.6. The normalized spacial score (nSPS) is 25.4. The van der Waals surface area contributed by atoms with Crippen molar-refractivity contribution in [2.24, 2.45) is 5.92 Å². The highest BCUT2D eigenvalue weighted by Gasteiger charge is 2.20. The molecule has 0 bridgehead atoms. The molecule has 1 fully saturated rings. The first kappa shape index (κ1) is 13.6. The third-order valence-corrected chi connectivity index (χ3v) is 4.24. The van der Waals surface area contributed by atoms with Crippen LogP contribution in [0.15, 0.2) is 12.1 Å². The average Bonchev–Trinajstić information content (AvgIpc) is 2.47. The van der Waals surface area contributed by atoms with Crippen LogP contribution in [0.1, 0.15) is 38.2 Å². The van der Waals surface area contributed by atoms with Gasteiger partial charge in [0.15, 0.2) is 11.5 Å². The Bertz CT molecular complexity index is 467. The summed E-state index contributed by atoms with van der Waals surface area (Å²) in [4.78, 5) is 0. The van der Waals surface area contributed by atoms with E-state index in [-0.39, 0.29) is 0 Å². The van der Waals surface area contributed by atoms with Crippen LogP contribution in [-0.4, -0.2) is 19.3 Å². The van der Waals surface area contributed by atoms with Crippen molar-refractivity contribution >= 4 is 5.69 Å². The molecule has 3 rings (SSSR count). The summed E-state index contributed by atoms with van der Waals surface area (Å²) < 4.78 is 17.1. The Hall–Kier alpha value is -1.42. The molecule has 0 amide bonds. The van der Waals surface area contributed by atoms with Gasteiger partial charge in [0.1, 0.15) is 13.2 Å². The summed E-state index contributed by atoms with van der Waals surface area (Å²) in [6.07, 6.45) is 5.22. The molecule has 1 aliphatic carbocycles. The minimum absolute atomic E-state index is 0.374. The van der Waals surface area contributed by atoms with Crippen molar-refractivity contribution in [2.45, 2.75) is 45.3 Å². The quantitative estimate of drug-likeness (QED) is 0.862. The van der Waals surface area contributed by atoms with Crippen LogP contribution < -0.4 is 15.2 Å². The molecular formula is C16H23NO3. The Morgan fingerprint density at radius 1 is 1.10 bits per heavy atom. The fourth-order valence-corrected chi connectivity index (χ4v) is 2.88. The van der Waals surface area contributed by atoms with E-state index in [1.54, 1.807) is 0 Å². The van der Waals surface area contributed by atoms with Gasteiger partial charge in [0.2, 0.25) is 0 Å². The molecule has 1 aromatic rings. The molecule has 0 radical (unpaired) electrons. The first-order valence-electron chi connectivity index (χ1n) is 7.52. The topological polar surface area (TPSA) is 53.7 Å². The van der Waals surface area contributed by atoms with E-state index in [0.717, 1.165) is 41.5 Å². The third-order valence-electron chi connectivity index (χ3n) is 4.24. The van der Waals surface area contributed by atoms with Gasteiger partial charge in [0.05, 0.1) is 12.7 Å². The molecule has 1 heterocycles. The Balaban J connectivity index is 1.62. The zero-order valence-corrected chi connectivity index (χ0v) is 12.1. The first-order chi connectivity index (χ1) is 9.72. The van der Waals surface area contributed by atoms with Gasteiger partial charge in [-0.15, -0.1) is 0 Å². The predicted molar refractivity (Wildman–Crippen MR) is 78.1 cm³/mol. The number of fused-ring (bicyclic) bond motifs is 1. The minimum Gasteiger partial charge on any atom is -0.486 e. The van der Waals surface area contributed by atoms with Crippen molar-refractivity contribution in [3.05, 3.63) is 17.7 Å². The fraction of sp³-hybridized carbons (Fsp3) is 0.625. The molecule has 4 heteroatoms. The fourth-order valence-electron chi connectivity index (χ4n) is 2.88. The summed E-state index contributed by atoms with van der Waals surface area (Å²) in [6.45, 7) is 4.05. The molecule has 1 aliphatic heterocycles. The smallest absolute Gasteiger partial charge is 0.163 e. The number of nitrogen functional groups attached to an aromatic ring is 1. The van der Waals surface area contributed by atoms with Crippen LogP contribution in [0, 0.1) is 5.92 Å². The van der Waals surface area contributed by atoms with Crippen molar-refractivity contribution in [1.29, 1.82) is 0 Å². The van der Waals surface area contributed by atoms with Crippen LogP contribution in [0.2, 0.25) is 0 Å². The molecule has 20 heavy (non-hydrogen) atoms. The van der Waals surface area contributed by atoms with Crippen molar-refractivity contribution in [1.82, 2.24) is 0 Å². The maximum atomic E-state index is 6.07. The van der Waals surface area contributed by atoms with Gasteiger partial charge in [-0.1, -0.05) is 6.92 Å². The van der Waals surface area contributed by atoms with Gasteiger partial charge < -0.3 is 19.9 Å². The molecule has 1 saturated carbocycles. The maximum Gasteiger partial charge on any atom is 0.163 e. The second kappa shape index (κ2) is 5.92. The van der Waals surface area contributed by atoms with Crippen LogP contribution in [0.3, 0.4) is 0 Å². The molecule has 1 aromatic carbocycles. The van der Waals surface area contributed by atoms with E-state index >= 15 is 0 Å². The number of ether oxygens (including phenoxy) is 3. The van der Waals surface area contributed by atoms with Gasteiger partial charge in [0, 0.05) is 17.3 Å². The Kier molecular flexibility index (Phi) is 4.01. The Morgan fingerprint density at radius 2 is 1.75 bits per heavy atom. The van der Waals surface area contributed by atoms with Crippen LogP contribution in [0.4, 0.5) is 5.69 Å². The summed E-state index contributed by atoms with van der Waals surface area (Å²) in [7, 11) is 0. The molecule has 0 saturated heterocycles. The standard InChI is InChI=1S/C16H23NO3/c1-11-2-4-13(5-3-11)20-10-12-8-15-16(9-14(12)17)19-7-6-18-15/h8-9,11,13H,2-7,10,17H2,1H3. The van der Waals surface area contributed by atoms with Crippen LogP contribution >= 0.6 is 0 Å². The summed E-state index contributed by atoms with van der Waals surface area (Å²) in [5.74, 6) is 2.36. The van der Waals surface area contributed by atoms with Gasteiger partial charge in [-0.2, -0.15) is 0 Å². The number of benzene rings is 1. The highest BCUT2D eigenvalue weighted by Crippen LogP contribution is 2.35. The second-order valence-corrected chi connectivity index (χ2v) is 5.89. The molecule has 0 atom stereocenters. The van der Waals surface area contributed by atoms with Gasteiger partial charge in [-0.25, -0.2) is 0 Å². The third kappa shape index (κ3) is 3.01. The summed E-state index contributed by atoms with van der Waals surface area (Å²) in [6, 6.07) is 3.80. The van der Waals surface area contributed by atoms with E-state index in [2.05, 4.69) is 6.92 Å². The van der Waals surface area contributed by atoms with Crippen molar-refractivity contribution in [2.75, 3.05) is 18.9 Å². The molecule has 0 unspecified atom stereocenters. The molecule has 2 aliphatic rings. The van der Waals surface area contributed by atoms with Crippen molar-refractivity contribution in [3.63, 3.8) is 0 Å². The summed E-state index contributed by atoms with van der Waals surface area (Å²) >= 11 is 0. The zero-order valence-electron chi connectivity index (χ0n) is 12.1. The first-order valence-corrected chi connectivity index (χ1v) is 7.52. The van der Waals surface area contributed by atoms with Gasteiger partial charge >= 0.3 is 0 Å². The lowest BCUT2D eigenvalue weighted by Gasteiger charge is -2.27. The molecular weight excluding hydrogens is 254 g/mol. The van der Waals surface area contributed by atoms with E-state index in [0.29, 0.717) is 25.9 Å². The number of hydrogen-bond donors (Lipinski definition) is 1. The highest BCUT2D eigenvalue weighted by molar-refractivity contribution is 5.58. The van der Waals surface area contributed by atoms with Crippen LogP contribution in [0.5, 0.6) is 11.5 Å². The number of anilines is 1. The number of rotatable bonds is 3. The molecule has 2 N–H and O–H groups in total.